The Balaban J connectivity index is 2.02. The highest BCUT2D eigenvalue weighted by molar-refractivity contribution is 5.92. The molecule has 0 aromatic heterocycles. The molecule has 24 heavy (non-hydrogen) atoms. The van der Waals surface area contributed by atoms with Crippen molar-refractivity contribution < 1.29 is 9.59 Å². The molecule has 2 atom stereocenters. The van der Waals surface area contributed by atoms with E-state index in [2.05, 4.69) is 10.9 Å². The van der Waals surface area contributed by atoms with Crippen molar-refractivity contribution in [2.75, 3.05) is 0 Å². The summed E-state index contributed by atoms with van der Waals surface area (Å²) in [5.41, 5.74) is 8.78. The molecular formula is C18H18N4O2. The zero-order valence-corrected chi connectivity index (χ0v) is 12.9. The number of nitrogens with one attached hydrogen (secondary N) is 2. The topological polar surface area (TPSA) is 110 Å². The van der Waals surface area contributed by atoms with E-state index >= 15 is 0 Å². The monoisotopic (exact) mass is 322 g/mol. The minimum Gasteiger partial charge on any atom is -0.294 e. The van der Waals surface area contributed by atoms with Crippen molar-refractivity contribution in [3.8, 4) is 0 Å². The van der Waals surface area contributed by atoms with Crippen LogP contribution in [0.4, 0.5) is 0 Å². The summed E-state index contributed by atoms with van der Waals surface area (Å²) in [7, 11) is 0. The summed E-state index contributed by atoms with van der Waals surface area (Å²) in [6.45, 7) is 0. The molecule has 3 aliphatic rings. The number of hydrogen-bond acceptors (Lipinski definition) is 4. The third-order valence-corrected chi connectivity index (χ3v) is 5.33. The van der Waals surface area contributed by atoms with E-state index in [0.717, 1.165) is 22.3 Å². The van der Waals surface area contributed by atoms with Gasteiger partial charge in [-0.25, -0.2) is 11.7 Å². The third kappa shape index (κ3) is 1.84. The standard InChI is InChI=1S/C18H18N4O2/c19-21-17(23)15-13-9-5-1-2-6-10(9)14(16(15)18(24)22-20)12-8-4-3-7-11(12)13/h1-8,13-16H,19-20H2,(H,21,23)(H,22,24)/t13?,14?,15-,16-/m1/s1. The number of benzene rings is 2. The fraction of sp³-hybridized carbons (Fsp3) is 0.222. The van der Waals surface area contributed by atoms with Crippen molar-refractivity contribution in [3.63, 3.8) is 0 Å². The quantitative estimate of drug-likeness (QED) is 0.366. The van der Waals surface area contributed by atoms with Crippen LogP contribution in [0.15, 0.2) is 48.5 Å². The van der Waals surface area contributed by atoms with Gasteiger partial charge in [0.1, 0.15) is 0 Å². The lowest BCUT2D eigenvalue weighted by Gasteiger charge is -2.48. The number of hydrazine groups is 2. The highest BCUT2D eigenvalue weighted by Gasteiger charge is 2.54. The number of carbonyl (C=O) groups is 2. The van der Waals surface area contributed by atoms with Gasteiger partial charge in [0.05, 0.1) is 11.8 Å². The molecule has 0 saturated carbocycles. The molecular weight excluding hydrogens is 304 g/mol. The number of fused-ring (bicyclic) bond motifs is 1. The van der Waals surface area contributed by atoms with Crippen molar-refractivity contribution >= 4 is 11.8 Å². The second-order valence-electron chi connectivity index (χ2n) is 6.28. The van der Waals surface area contributed by atoms with Gasteiger partial charge in [0.15, 0.2) is 0 Å². The fourth-order valence-electron chi connectivity index (χ4n) is 4.50. The maximum absolute atomic E-state index is 12.6. The van der Waals surface area contributed by atoms with Gasteiger partial charge in [0, 0.05) is 11.8 Å². The van der Waals surface area contributed by atoms with Crippen LogP contribution in [0.3, 0.4) is 0 Å². The van der Waals surface area contributed by atoms with E-state index in [1.165, 1.54) is 0 Å². The highest BCUT2D eigenvalue weighted by atomic mass is 16.2. The molecule has 3 aliphatic carbocycles. The number of hydrogen-bond donors (Lipinski definition) is 4. The molecule has 2 amide bonds. The Hall–Kier alpha value is -2.70. The second kappa shape index (κ2) is 5.43. The summed E-state index contributed by atoms with van der Waals surface area (Å²) in [6.07, 6.45) is 0. The summed E-state index contributed by atoms with van der Waals surface area (Å²) in [5.74, 6) is 8.53. The van der Waals surface area contributed by atoms with Crippen LogP contribution in [-0.2, 0) is 9.59 Å². The van der Waals surface area contributed by atoms with Gasteiger partial charge in [-0.05, 0) is 22.3 Å². The molecule has 6 N–H and O–H groups in total. The SMILES string of the molecule is NNC(=O)[C@@H]1C2c3ccccc3C(c3ccccc32)[C@H]1C(=O)NN. The molecule has 0 aliphatic heterocycles. The fourth-order valence-corrected chi connectivity index (χ4v) is 4.50. The van der Waals surface area contributed by atoms with Crippen LogP contribution >= 0.6 is 0 Å². The molecule has 0 unspecified atom stereocenters. The Kier molecular flexibility index (Phi) is 3.37. The van der Waals surface area contributed by atoms with Crippen molar-refractivity contribution in [1.82, 2.24) is 10.9 Å². The Bertz CT molecular complexity index is 720. The number of nitrogens with two attached hydrogens (primary N) is 2. The minimum atomic E-state index is -0.589. The predicted molar refractivity (Wildman–Crippen MR) is 88.2 cm³/mol. The highest BCUT2D eigenvalue weighted by Crippen LogP contribution is 2.58. The van der Waals surface area contributed by atoms with E-state index in [0.29, 0.717) is 0 Å². The zero-order chi connectivity index (χ0) is 16.8. The number of rotatable bonds is 2. The normalized spacial score (nSPS) is 26.2. The molecule has 6 heteroatoms. The van der Waals surface area contributed by atoms with E-state index in [9.17, 15) is 9.59 Å². The first-order valence-corrected chi connectivity index (χ1v) is 7.87. The van der Waals surface area contributed by atoms with Crippen molar-refractivity contribution in [2.45, 2.75) is 11.8 Å². The summed E-state index contributed by atoms with van der Waals surface area (Å²) in [4.78, 5) is 25.1. The van der Waals surface area contributed by atoms with E-state index in [4.69, 9.17) is 11.7 Å². The summed E-state index contributed by atoms with van der Waals surface area (Å²) < 4.78 is 0. The average Bonchev–Trinajstić information content (AvgIpc) is 2.66. The largest absolute Gasteiger partial charge is 0.294 e. The first-order chi connectivity index (χ1) is 11.7. The Morgan fingerprint density at radius 2 is 0.958 bits per heavy atom. The lowest BCUT2D eigenvalue weighted by molar-refractivity contribution is -0.137. The van der Waals surface area contributed by atoms with Crippen LogP contribution in [0, 0.1) is 11.8 Å². The van der Waals surface area contributed by atoms with Crippen molar-refractivity contribution in [2.24, 2.45) is 23.5 Å². The van der Waals surface area contributed by atoms with Crippen LogP contribution in [-0.4, -0.2) is 11.8 Å². The van der Waals surface area contributed by atoms with Crippen LogP contribution < -0.4 is 22.5 Å². The maximum Gasteiger partial charge on any atom is 0.238 e. The molecule has 0 fully saturated rings. The number of amides is 2. The lowest BCUT2D eigenvalue weighted by Crippen LogP contribution is -2.54. The molecule has 122 valence electrons. The second-order valence-corrected chi connectivity index (χ2v) is 6.28. The van der Waals surface area contributed by atoms with Gasteiger partial charge >= 0.3 is 0 Å². The van der Waals surface area contributed by atoms with Crippen LogP contribution in [0.1, 0.15) is 34.1 Å². The van der Waals surface area contributed by atoms with Gasteiger partial charge in [-0.3, -0.25) is 20.4 Å². The zero-order valence-electron chi connectivity index (χ0n) is 12.9. The van der Waals surface area contributed by atoms with Gasteiger partial charge in [-0.2, -0.15) is 0 Å². The lowest BCUT2D eigenvalue weighted by atomic mass is 9.54. The van der Waals surface area contributed by atoms with Gasteiger partial charge in [0.25, 0.3) is 0 Å². The van der Waals surface area contributed by atoms with Gasteiger partial charge < -0.3 is 0 Å². The molecule has 2 bridgehead atoms. The number of carbonyl (C=O) groups excluding carboxylic acids is 2. The average molecular weight is 322 g/mol. The van der Waals surface area contributed by atoms with Gasteiger partial charge in [-0.1, -0.05) is 48.5 Å². The summed E-state index contributed by atoms with van der Waals surface area (Å²) in [6, 6.07) is 15.9. The van der Waals surface area contributed by atoms with Crippen molar-refractivity contribution in [1.29, 1.82) is 0 Å². The molecule has 0 radical (unpaired) electrons. The van der Waals surface area contributed by atoms with E-state index in [1.54, 1.807) is 0 Å². The maximum atomic E-state index is 12.6. The first-order valence-electron chi connectivity index (χ1n) is 7.87. The molecule has 0 saturated heterocycles. The van der Waals surface area contributed by atoms with E-state index in [1.807, 2.05) is 48.5 Å². The third-order valence-electron chi connectivity index (χ3n) is 5.33. The van der Waals surface area contributed by atoms with E-state index in [-0.39, 0.29) is 23.7 Å². The predicted octanol–water partition coefficient (Wildman–Crippen LogP) is 0.490. The van der Waals surface area contributed by atoms with Crippen LogP contribution in [0.5, 0.6) is 0 Å². The molecule has 2 aromatic rings. The first kappa shape index (κ1) is 14.9. The molecule has 5 rings (SSSR count). The van der Waals surface area contributed by atoms with Gasteiger partial charge in [-0.15, -0.1) is 0 Å². The Morgan fingerprint density at radius 3 is 1.21 bits per heavy atom. The van der Waals surface area contributed by atoms with Crippen LogP contribution in [0.25, 0.3) is 0 Å². The summed E-state index contributed by atoms with van der Waals surface area (Å²) in [5, 5.41) is 0. The molecule has 6 nitrogen and oxygen atoms in total. The van der Waals surface area contributed by atoms with E-state index < -0.39 is 11.8 Å². The smallest absolute Gasteiger partial charge is 0.238 e. The molecule has 0 spiro atoms. The van der Waals surface area contributed by atoms with Crippen molar-refractivity contribution in [3.05, 3.63) is 70.8 Å². The Labute approximate surface area is 139 Å². The summed E-state index contributed by atoms with van der Waals surface area (Å²) >= 11 is 0. The molecule has 0 heterocycles. The molecule has 2 aromatic carbocycles. The van der Waals surface area contributed by atoms with Crippen LogP contribution in [0.2, 0.25) is 0 Å². The Morgan fingerprint density at radius 1 is 0.667 bits per heavy atom. The minimum absolute atomic E-state index is 0.215. The van der Waals surface area contributed by atoms with Gasteiger partial charge in [0.2, 0.25) is 11.8 Å².